The standard InChI is InChI=1S/C25H21NS/c1-26-18-22(21-10-5-6-11-23(21)26)25(20-13-14-20,24-12-7-17-27-24)16-15-19-8-3-2-4-9-19/h2-12,17-18,20H,13-14H2,1H3. The maximum atomic E-state index is 3.78. The lowest BCUT2D eigenvalue weighted by molar-refractivity contribution is 0.591. The molecular weight excluding hydrogens is 346 g/mol. The molecule has 1 aliphatic rings. The highest BCUT2D eigenvalue weighted by molar-refractivity contribution is 7.10. The van der Waals surface area contributed by atoms with Gasteiger partial charge in [0.05, 0.1) is 5.41 Å². The topological polar surface area (TPSA) is 4.93 Å². The van der Waals surface area contributed by atoms with Gasteiger partial charge in [-0.3, -0.25) is 0 Å². The molecule has 0 saturated heterocycles. The Labute approximate surface area is 164 Å². The highest BCUT2D eigenvalue weighted by Crippen LogP contribution is 2.54. The highest BCUT2D eigenvalue weighted by atomic mass is 32.1. The molecule has 2 aromatic heterocycles. The molecule has 4 aromatic rings. The highest BCUT2D eigenvalue weighted by Gasteiger charge is 2.49. The lowest BCUT2D eigenvalue weighted by atomic mass is 9.75. The molecule has 0 spiro atoms. The zero-order valence-electron chi connectivity index (χ0n) is 15.4. The van der Waals surface area contributed by atoms with Crippen LogP contribution in [-0.2, 0) is 12.5 Å². The summed E-state index contributed by atoms with van der Waals surface area (Å²) in [7, 11) is 2.14. The molecule has 2 aromatic carbocycles. The SMILES string of the molecule is Cn1cc(C(C#Cc2ccccc2)(c2cccs2)C2CC2)c2ccccc21. The van der Waals surface area contributed by atoms with E-state index in [1.165, 1.54) is 34.2 Å². The zero-order valence-corrected chi connectivity index (χ0v) is 16.2. The number of para-hydroxylation sites is 1. The van der Waals surface area contributed by atoms with Crippen LogP contribution < -0.4 is 0 Å². The molecule has 2 heterocycles. The Morgan fingerprint density at radius 1 is 0.963 bits per heavy atom. The second-order valence-corrected chi connectivity index (χ2v) is 8.29. The van der Waals surface area contributed by atoms with Gasteiger partial charge in [0.25, 0.3) is 0 Å². The van der Waals surface area contributed by atoms with Crippen LogP contribution in [-0.4, -0.2) is 4.57 Å². The van der Waals surface area contributed by atoms with Crippen LogP contribution in [0.25, 0.3) is 10.9 Å². The van der Waals surface area contributed by atoms with Crippen LogP contribution in [0.1, 0.15) is 28.8 Å². The van der Waals surface area contributed by atoms with Gasteiger partial charge in [0, 0.05) is 40.2 Å². The second-order valence-electron chi connectivity index (χ2n) is 7.35. The van der Waals surface area contributed by atoms with Crippen molar-refractivity contribution in [3.63, 3.8) is 0 Å². The number of hydrogen-bond acceptors (Lipinski definition) is 1. The fourth-order valence-electron chi connectivity index (χ4n) is 4.15. The zero-order chi connectivity index (χ0) is 18.3. The van der Waals surface area contributed by atoms with Crippen LogP contribution in [0.4, 0.5) is 0 Å². The Bertz CT molecular complexity index is 1140. The van der Waals surface area contributed by atoms with Gasteiger partial charge in [0.15, 0.2) is 0 Å². The van der Waals surface area contributed by atoms with Crippen molar-refractivity contribution in [1.29, 1.82) is 0 Å². The van der Waals surface area contributed by atoms with Gasteiger partial charge in [-0.25, -0.2) is 0 Å². The van der Waals surface area contributed by atoms with E-state index in [2.05, 4.69) is 95.7 Å². The van der Waals surface area contributed by atoms with E-state index in [0.29, 0.717) is 5.92 Å². The van der Waals surface area contributed by atoms with Gasteiger partial charge >= 0.3 is 0 Å². The molecule has 0 radical (unpaired) electrons. The summed E-state index contributed by atoms with van der Waals surface area (Å²) in [5.74, 6) is 7.88. The Morgan fingerprint density at radius 3 is 2.48 bits per heavy atom. The molecule has 0 bridgehead atoms. The number of rotatable bonds is 3. The summed E-state index contributed by atoms with van der Waals surface area (Å²) < 4.78 is 2.25. The average Bonchev–Trinajstić information content (AvgIpc) is 3.31. The number of aryl methyl sites for hydroxylation is 1. The smallest absolute Gasteiger partial charge is 0.0956 e. The monoisotopic (exact) mass is 367 g/mol. The summed E-state index contributed by atoms with van der Waals surface area (Å²) in [6.07, 6.45) is 4.79. The molecule has 1 fully saturated rings. The molecule has 0 aliphatic heterocycles. The molecular formula is C25H21NS. The minimum Gasteiger partial charge on any atom is -0.350 e. The molecule has 27 heavy (non-hydrogen) atoms. The largest absolute Gasteiger partial charge is 0.350 e. The van der Waals surface area contributed by atoms with Gasteiger partial charge in [-0.2, -0.15) is 0 Å². The Kier molecular flexibility index (Phi) is 3.92. The lowest BCUT2D eigenvalue weighted by Gasteiger charge is -2.28. The van der Waals surface area contributed by atoms with E-state index in [0.717, 1.165) is 5.56 Å². The molecule has 1 aliphatic carbocycles. The van der Waals surface area contributed by atoms with Crippen molar-refractivity contribution in [2.45, 2.75) is 18.3 Å². The Balaban J connectivity index is 1.80. The van der Waals surface area contributed by atoms with Crippen molar-refractivity contribution >= 4 is 22.2 Å². The average molecular weight is 368 g/mol. The first kappa shape index (κ1) is 16.4. The molecule has 0 N–H and O–H groups in total. The summed E-state index contributed by atoms with van der Waals surface area (Å²) in [6.45, 7) is 0. The van der Waals surface area contributed by atoms with Crippen LogP contribution in [0.5, 0.6) is 0 Å². The number of hydrogen-bond donors (Lipinski definition) is 0. The molecule has 5 rings (SSSR count). The van der Waals surface area contributed by atoms with E-state index in [9.17, 15) is 0 Å². The van der Waals surface area contributed by atoms with Crippen LogP contribution >= 0.6 is 11.3 Å². The third kappa shape index (κ3) is 2.71. The normalized spacial score (nSPS) is 15.9. The van der Waals surface area contributed by atoms with E-state index in [1.807, 2.05) is 17.4 Å². The molecule has 1 atom stereocenters. The van der Waals surface area contributed by atoms with E-state index >= 15 is 0 Å². The Morgan fingerprint density at radius 2 is 1.74 bits per heavy atom. The van der Waals surface area contributed by atoms with Crippen molar-refractivity contribution < 1.29 is 0 Å². The van der Waals surface area contributed by atoms with E-state index in [4.69, 9.17) is 0 Å². The predicted octanol–water partition coefficient (Wildman–Crippen LogP) is 5.99. The first-order valence-corrected chi connectivity index (χ1v) is 10.3. The summed E-state index contributed by atoms with van der Waals surface area (Å²) in [5, 5.41) is 3.50. The molecule has 132 valence electrons. The van der Waals surface area contributed by atoms with Crippen LogP contribution in [0.2, 0.25) is 0 Å². The van der Waals surface area contributed by atoms with E-state index in [1.54, 1.807) is 0 Å². The van der Waals surface area contributed by atoms with Crippen molar-refractivity contribution in [1.82, 2.24) is 4.57 Å². The first-order valence-electron chi connectivity index (χ1n) is 9.46. The third-order valence-electron chi connectivity index (χ3n) is 5.60. The second kappa shape index (κ2) is 6.44. The molecule has 2 heteroatoms. The minimum atomic E-state index is -0.231. The summed E-state index contributed by atoms with van der Waals surface area (Å²) >= 11 is 1.83. The fourth-order valence-corrected chi connectivity index (χ4v) is 5.13. The fraction of sp³-hybridized carbons (Fsp3) is 0.200. The third-order valence-corrected chi connectivity index (χ3v) is 6.60. The molecule has 1 nitrogen and oxygen atoms in total. The van der Waals surface area contributed by atoms with Crippen molar-refractivity contribution in [2.24, 2.45) is 13.0 Å². The van der Waals surface area contributed by atoms with Crippen LogP contribution in [0.3, 0.4) is 0 Å². The van der Waals surface area contributed by atoms with Gasteiger partial charge in [-0.05, 0) is 48.4 Å². The lowest BCUT2D eigenvalue weighted by Crippen LogP contribution is -2.27. The van der Waals surface area contributed by atoms with E-state index in [-0.39, 0.29) is 5.41 Å². The molecule has 1 unspecified atom stereocenters. The maximum Gasteiger partial charge on any atom is 0.0956 e. The quantitative estimate of drug-likeness (QED) is 0.392. The predicted molar refractivity (Wildman–Crippen MR) is 114 cm³/mol. The number of thiophene rings is 1. The van der Waals surface area contributed by atoms with Gasteiger partial charge in [-0.1, -0.05) is 54.3 Å². The minimum absolute atomic E-state index is 0.231. The summed E-state index contributed by atoms with van der Waals surface area (Å²) in [4.78, 5) is 1.37. The molecule has 0 amide bonds. The van der Waals surface area contributed by atoms with Crippen molar-refractivity contribution in [3.8, 4) is 11.8 Å². The number of benzene rings is 2. The van der Waals surface area contributed by atoms with Crippen LogP contribution in [0.15, 0.2) is 78.3 Å². The number of fused-ring (bicyclic) bond motifs is 1. The van der Waals surface area contributed by atoms with Gasteiger partial charge in [0.2, 0.25) is 0 Å². The number of nitrogens with zero attached hydrogens (tertiary/aromatic N) is 1. The maximum absolute atomic E-state index is 3.78. The van der Waals surface area contributed by atoms with Gasteiger partial charge < -0.3 is 4.57 Å². The molecule has 1 saturated carbocycles. The van der Waals surface area contributed by atoms with Crippen molar-refractivity contribution in [2.75, 3.05) is 0 Å². The first-order chi connectivity index (χ1) is 13.3. The van der Waals surface area contributed by atoms with Crippen LogP contribution in [0, 0.1) is 17.8 Å². The summed E-state index contributed by atoms with van der Waals surface area (Å²) in [5.41, 5.74) is 3.48. The van der Waals surface area contributed by atoms with Gasteiger partial charge in [-0.15, -0.1) is 11.3 Å². The number of aromatic nitrogens is 1. The van der Waals surface area contributed by atoms with Crippen molar-refractivity contribution in [3.05, 3.63) is 94.3 Å². The summed E-state index contributed by atoms with van der Waals surface area (Å²) in [6, 6.07) is 23.5. The Hall–Kier alpha value is -2.76. The van der Waals surface area contributed by atoms with E-state index < -0.39 is 0 Å². The van der Waals surface area contributed by atoms with Gasteiger partial charge in [0.1, 0.15) is 0 Å².